The van der Waals surface area contributed by atoms with Crippen molar-refractivity contribution in [3.8, 4) is 5.69 Å². The summed E-state index contributed by atoms with van der Waals surface area (Å²) >= 11 is 0. The van der Waals surface area contributed by atoms with Gasteiger partial charge in [0.25, 0.3) is 17.4 Å². The Hall–Kier alpha value is -3.48. The second-order valence-electron chi connectivity index (χ2n) is 5.13. The van der Waals surface area contributed by atoms with Crippen molar-refractivity contribution in [3.05, 3.63) is 64.1 Å². The van der Waals surface area contributed by atoms with Crippen LogP contribution in [0.3, 0.4) is 0 Å². The van der Waals surface area contributed by atoms with Crippen LogP contribution in [0.15, 0.2) is 47.4 Å². The number of benzene rings is 1. The number of para-hydroxylation sites is 1. The Balaban J connectivity index is 2.11. The van der Waals surface area contributed by atoms with E-state index in [2.05, 4.69) is 10.3 Å². The average molecular weight is 306 g/mol. The van der Waals surface area contributed by atoms with Crippen LogP contribution >= 0.6 is 0 Å². The molecule has 2 amide bonds. The fourth-order valence-electron chi connectivity index (χ4n) is 2.80. The highest BCUT2D eigenvalue weighted by Crippen LogP contribution is 2.25. The molecule has 1 aromatic carbocycles. The molecule has 4 rings (SSSR count). The van der Waals surface area contributed by atoms with Crippen LogP contribution in [0.4, 0.5) is 5.82 Å². The molecule has 0 spiro atoms. The maximum absolute atomic E-state index is 12.5. The molecule has 0 saturated heterocycles. The number of fused-ring (bicyclic) bond motifs is 2. The van der Waals surface area contributed by atoms with E-state index in [1.807, 2.05) is 12.1 Å². The number of nitrogens with zero attached hydrogens (tertiary/aromatic N) is 2. The number of hydrogen-bond acceptors (Lipinski definition) is 5. The Bertz CT molecular complexity index is 1060. The third-order valence-corrected chi connectivity index (χ3v) is 3.81. The van der Waals surface area contributed by atoms with Gasteiger partial charge in [0, 0.05) is 17.6 Å². The molecule has 0 unspecified atom stereocenters. The van der Waals surface area contributed by atoms with Crippen molar-refractivity contribution in [2.24, 2.45) is 0 Å². The van der Waals surface area contributed by atoms with Gasteiger partial charge in [-0.2, -0.15) is 0 Å². The van der Waals surface area contributed by atoms with Gasteiger partial charge in [0.2, 0.25) is 0 Å². The summed E-state index contributed by atoms with van der Waals surface area (Å²) in [5.41, 5.74) is 6.59. The number of nitrogens with one attached hydrogen (secondary N) is 1. The number of aromatic nitrogens is 2. The lowest BCUT2D eigenvalue weighted by Crippen LogP contribution is -2.24. The summed E-state index contributed by atoms with van der Waals surface area (Å²) in [6, 6.07) is 10.1. The quantitative estimate of drug-likeness (QED) is 0.648. The number of nitrogen functional groups attached to an aromatic ring is 1. The van der Waals surface area contributed by atoms with Crippen LogP contribution in [0, 0.1) is 0 Å². The van der Waals surface area contributed by atoms with E-state index in [-0.39, 0.29) is 16.9 Å². The number of amides is 2. The van der Waals surface area contributed by atoms with Crippen molar-refractivity contribution in [2.75, 3.05) is 5.73 Å². The van der Waals surface area contributed by atoms with E-state index in [9.17, 15) is 14.4 Å². The fraction of sp³-hybridized carbons (Fsp3) is 0. The number of nitrogens with two attached hydrogens (primary N) is 1. The number of pyridine rings is 2. The first-order chi connectivity index (χ1) is 11.1. The summed E-state index contributed by atoms with van der Waals surface area (Å²) in [6.07, 6.45) is 1.61. The molecule has 0 bridgehead atoms. The molecular weight excluding hydrogens is 296 g/mol. The summed E-state index contributed by atoms with van der Waals surface area (Å²) in [7, 11) is 0. The van der Waals surface area contributed by atoms with Gasteiger partial charge in [0.1, 0.15) is 5.82 Å². The van der Waals surface area contributed by atoms with Gasteiger partial charge in [-0.25, -0.2) is 0 Å². The van der Waals surface area contributed by atoms with Crippen LogP contribution in [0.25, 0.3) is 16.6 Å². The predicted octanol–water partition coefficient (Wildman–Crippen LogP) is 0.851. The molecule has 1 aliphatic rings. The van der Waals surface area contributed by atoms with Crippen molar-refractivity contribution < 1.29 is 9.59 Å². The lowest BCUT2D eigenvalue weighted by Gasteiger charge is -2.13. The van der Waals surface area contributed by atoms with E-state index >= 15 is 0 Å². The molecule has 7 heteroatoms. The standard InChI is InChI=1S/C16H10N4O3/c17-14-12-9(15(22)19-16(12)23)7-11(21)20(14)10-5-1-3-8-4-2-6-18-13(8)10/h1-7H,17H2,(H,19,22,23). The number of anilines is 1. The summed E-state index contributed by atoms with van der Waals surface area (Å²) in [4.78, 5) is 40.3. The third-order valence-electron chi connectivity index (χ3n) is 3.81. The Morgan fingerprint density at radius 3 is 2.65 bits per heavy atom. The molecule has 1 aliphatic heterocycles. The van der Waals surface area contributed by atoms with Crippen molar-refractivity contribution in [1.82, 2.24) is 14.9 Å². The predicted molar refractivity (Wildman–Crippen MR) is 83.5 cm³/mol. The van der Waals surface area contributed by atoms with E-state index in [0.717, 1.165) is 11.5 Å². The van der Waals surface area contributed by atoms with Crippen LogP contribution in [-0.2, 0) is 0 Å². The highest BCUT2D eigenvalue weighted by atomic mass is 16.2. The van der Waals surface area contributed by atoms with E-state index in [4.69, 9.17) is 5.73 Å². The molecule has 0 aliphatic carbocycles. The fourth-order valence-corrected chi connectivity index (χ4v) is 2.80. The molecule has 23 heavy (non-hydrogen) atoms. The lowest BCUT2D eigenvalue weighted by atomic mass is 10.1. The van der Waals surface area contributed by atoms with Crippen LogP contribution in [0.2, 0.25) is 0 Å². The molecular formula is C16H10N4O3. The van der Waals surface area contributed by atoms with Gasteiger partial charge >= 0.3 is 0 Å². The Morgan fingerprint density at radius 1 is 1.04 bits per heavy atom. The Kier molecular flexibility index (Phi) is 2.59. The van der Waals surface area contributed by atoms with Gasteiger partial charge in [-0.05, 0) is 12.1 Å². The Labute approximate surface area is 129 Å². The number of imide groups is 1. The van der Waals surface area contributed by atoms with Crippen LogP contribution in [-0.4, -0.2) is 21.4 Å². The van der Waals surface area contributed by atoms with Crippen LogP contribution in [0.1, 0.15) is 20.7 Å². The normalized spacial score (nSPS) is 13.2. The number of carbonyl (C=O) groups is 2. The summed E-state index contributed by atoms with van der Waals surface area (Å²) in [5, 5.41) is 2.97. The minimum Gasteiger partial charge on any atom is -0.384 e. The summed E-state index contributed by atoms with van der Waals surface area (Å²) in [5.74, 6) is -1.30. The van der Waals surface area contributed by atoms with Crippen molar-refractivity contribution in [2.45, 2.75) is 0 Å². The summed E-state index contributed by atoms with van der Waals surface area (Å²) in [6.45, 7) is 0. The first kappa shape index (κ1) is 13.2. The molecule has 3 heterocycles. The first-order valence-corrected chi connectivity index (χ1v) is 6.83. The maximum Gasteiger partial charge on any atom is 0.262 e. The number of carbonyl (C=O) groups excluding carboxylic acids is 2. The summed E-state index contributed by atoms with van der Waals surface area (Å²) < 4.78 is 1.20. The molecule has 112 valence electrons. The topological polar surface area (TPSA) is 107 Å². The minimum absolute atomic E-state index is 0.00180. The largest absolute Gasteiger partial charge is 0.384 e. The SMILES string of the molecule is Nc1c2c(cc(=O)n1-c1cccc3cccnc13)C(=O)NC2=O. The van der Waals surface area contributed by atoms with E-state index in [1.165, 1.54) is 4.57 Å². The lowest BCUT2D eigenvalue weighted by molar-refractivity contribution is 0.0880. The highest BCUT2D eigenvalue weighted by molar-refractivity contribution is 6.23. The van der Waals surface area contributed by atoms with Crippen LogP contribution in [0.5, 0.6) is 0 Å². The molecule has 7 nitrogen and oxygen atoms in total. The van der Waals surface area contributed by atoms with Gasteiger partial charge in [0.05, 0.1) is 22.3 Å². The number of hydrogen-bond donors (Lipinski definition) is 2. The Morgan fingerprint density at radius 2 is 1.83 bits per heavy atom. The van der Waals surface area contributed by atoms with E-state index in [0.29, 0.717) is 11.2 Å². The van der Waals surface area contributed by atoms with Crippen molar-refractivity contribution in [3.63, 3.8) is 0 Å². The van der Waals surface area contributed by atoms with E-state index in [1.54, 1.807) is 24.4 Å². The van der Waals surface area contributed by atoms with E-state index < -0.39 is 17.4 Å². The monoisotopic (exact) mass is 306 g/mol. The second-order valence-corrected chi connectivity index (χ2v) is 5.13. The third kappa shape index (κ3) is 1.76. The zero-order valence-electron chi connectivity index (χ0n) is 11.7. The zero-order chi connectivity index (χ0) is 16.1. The number of rotatable bonds is 1. The van der Waals surface area contributed by atoms with Crippen molar-refractivity contribution >= 4 is 28.5 Å². The highest BCUT2D eigenvalue weighted by Gasteiger charge is 2.32. The molecule has 0 radical (unpaired) electrons. The second kappa shape index (κ2) is 4.51. The smallest absolute Gasteiger partial charge is 0.262 e. The van der Waals surface area contributed by atoms with Crippen LogP contribution < -0.4 is 16.6 Å². The minimum atomic E-state index is -0.614. The van der Waals surface area contributed by atoms with Gasteiger partial charge in [-0.1, -0.05) is 18.2 Å². The van der Waals surface area contributed by atoms with Gasteiger partial charge in [0.15, 0.2) is 0 Å². The molecule has 0 fully saturated rings. The van der Waals surface area contributed by atoms with Gasteiger partial charge in [-0.15, -0.1) is 0 Å². The van der Waals surface area contributed by atoms with Gasteiger partial charge < -0.3 is 5.73 Å². The molecule has 0 atom stereocenters. The average Bonchev–Trinajstić information content (AvgIpc) is 2.82. The first-order valence-electron chi connectivity index (χ1n) is 6.83. The molecule has 2 aromatic heterocycles. The molecule has 3 aromatic rings. The maximum atomic E-state index is 12.5. The molecule has 3 N–H and O–H groups in total. The van der Waals surface area contributed by atoms with Crippen molar-refractivity contribution in [1.29, 1.82) is 0 Å². The zero-order valence-corrected chi connectivity index (χ0v) is 11.7. The molecule has 0 saturated carbocycles. The van der Waals surface area contributed by atoms with Gasteiger partial charge in [-0.3, -0.25) is 29.3 Å².